The Balaban J connectivity index is 1.54. The van der Waals surface area contributed by atoms with E-state index in [0.717, 1.165) is 39.2 Å². The Morgan fingerprint density at radius 2 is 1.54 bits per heavy atom. The summed E-state index contributed by atoms with van der Waals surface area (Å²) in [6.45, 7) is 3.09. The molecule has 0 aromatic heterocycles. The number of rotatable bonds is 10. The zero-order valence-corrected chi connectivity index (χ0v) is 22.9. The highest BCUT2D eigenvalue weighted by molar-refractivity contribution is 6.01. The average Bonchev–Trinajstić information content (AvgIpc) is 3.55. The number of fused-ring (bicyclic) bond motifs is 1. The topological polar surface area (TPSA) is 81.6 Å². The van der Waals surface area contributed by atoms with Gasteiger partial charge in [0, 0.05) is 47.3 Å². The number of amides is 1. The quantitative estimate of drug-likeness (QED) is 0.380. The average molecular weight is 528 g/mol. The van der Waals surface area contributed by atoms with Crippen LogP contribution in [0.2, 0.25) is 0 Å². The van der Waals surface area contributed by atoms with Gasteiger partial charge in [-0.05, 0) is 60.0 Å². The maximum atomic E-state index is 14.0. The molecule has 0 bridgehead atoms. The van der Waals surface area contributed by atoms with Crippen molar-refractivity contribution in [1.82, 2.24) is 4.90 Å². The van der Waals surface area contributed by atoms with E-state index in [1.165, 1.54) is 0 Å². The fourth-order valence-electron chi connectivity index (χ4n) is 5.21. The van der Waals surface area contributed by atoms with Crippen LogP contribution >= 0.6 is 0 Å². The molecule has 5 rings (SSSR count). The molecular formula is C31H33N3O5. The summed E-state index contributed by atoms with van der Waals surface area (Å²) in [6, 6.07) is 15.4. The van der Waals surface area contributed by atoms with Gasteiger partial charge < -0.3 is 29.2 Å². The Labute approximate surface area is 228 Å². The standard InChI is InChI=1S/C31H33N3O5/c1-19-27-14-24(33-23-10-11-32-17-23)13-22(12-20-6-8-25(36-2)15-28(20)38-4)30(27)31(35)34(19)18-21-7-9-26(37-3)16-29(21)39-5/h6-11,13-16,19,33H,12,17-18H2,1-5H3. The van der Waals surface area contributed by atoms with Crippen molar-refractivity contribution >= 4 is 17.8 Å². The minimum atomic E-state index is -0.133. The molecule has 0 spiro atoms. The Bertz CT molecular complexity index is 1460. The van der Waals surface area contributed by atoms with Gasteiger partial charge in [-0.3, -0.25) is 9.79 Å². The second-order valence-electron chi connectivity index (χ2n) is 9.55. The molecule has 1 amide bonds. The van der Waals surface area contributed by atoms with Gasteiger partial charge in [0.25, 0.3) is 5.91 Å². The molecule has 0 saturated carbocycles. The zero-order valence-electron chi connectivity index (χ0n) is 22.9. The first-order valence-electron chi connectivity index (χ1n) is 12.8. The van der Waals surface area contributed by atoms with Crippen LogP contribution in [-0.2, 0) is 13.0 Å². The monoisotopic (exact) mass is 527 g/mol. The third-order valence-corrected chi connectivity index (χ3v) is 7.30. The summed E-state index contributed by atoms with van der Waals surface area (Å²) < 4.78 is 22.0. The Hall–Kier alpha value is -4.46. The molecule has 1 unspecified atom stereocenters. The van der Waals surface area contributed by atoms with Crippen LogP contribution in [0.15, 0.2) is 65.3 Å². The van der Waals surface area contributed by atoms with Crippen molar-refractivity contribution in [1.29, 1.82) is 0 Å². The van der Waals surface area contributed by atoms with Crippen LogP contribution in [0.4, 0.5) is 5.69 Å². The molecule has 3 aromatic rings. The zero-order chi connectivity index (χ0) is 27.5. The molecule has 2 aliphatic heterocycles. The van der Waals surface area contributed by atoms with Gasteiger partial charge in [0.05, 0.1) is 47.6 Å². The number of nitrogens with zero attached hydrogens (tertiary/aromatic N) is 2. The molecule has 39 heavy (non-hydrogen) atoms. The summed E-state index contributed by atoms with van der Waals surface area (Å²) in [5.74, 6) is 2.81. The van der Waals surface area contributed by atoms with Crippen molar-refractivity contribution in [3.05, 3.63) is 88.1 Å². The highest BCUT2D eigenvalue weighted by Gasteiger charge is 2.37. The third-order valence-electron chi connectivity index (χ3n) is 7.30. The van der Waals surface area contributed by atoms with Crippen molar-refractivity contribution < 1.29 is 23.7 Å². The van der Waals surface area contributed by atoms with Crippen molar-refractivity contribution in [2.45, 2.75) is 25.9 Å². The number of hydrogen-bond acceptors (Lipinski definition) is 7. The van der Waals surface area contributed by atoms with E-state index >= 15 is 0 Å². The van der Waals surface area contributed by atoms with Crippen LogP contribution < -0.4 is 24.3 Å². The maximum Gasteiger partial charge on any atom is 0.255 e. The van der Waals surface area contributed by atoms with Crippen LogP contribution in [0.5, 0.6) is 23.0 Å². The first-order valence-corrected chi connectivity index (χ1v) is 12.8. The number of carbonyl (C=O) groups is 1. The van der Waals surface area contributed by atoms with E-state index in [-0.39, 0.29) is 11.9 Å². The lowest BCUT2D eigenvalue weighted by molar-refractivity contribution is 0.0721. The minimum absolute atomic E-state index is 0.00665. The lowest BCUT2D eigenvalue weighted by atomic mass is 9.94. The van der Waals surface area contributed by atoms with Crippen LogP contribution in [-0.4, -0.2) is 52.0 Å². The summed E-state index contributed by atoms with van der Waals surface area (Å²) in [7, 11) is 6.52. The van der Waals surface area contributed by atoms with Crippen molar-refractivity contribution in [3.8, 4) is 23.0 Å². The molecule has 3 aromatic carbocycles. The lowest BCUT2D eigenvalue weighted by Gasteiger charge is -2.23. The molecule has 0 saturated heterocycles. The molecule has 0 radical (unpaired) electrons. The molecule has 202 valence electrons. The number of methoxy groups -OCH3 is 4. The molecule has 8 nitrogen and oxygen atoms in total. The summed E-state index contributed by atoms with van der Waals surface area (Å²) in [4.78, 5) is 20.2. The summed E-state index contributed by atoms with van der Waals surface area (Å²) in [6.07, 6.45) is 4.30. The predicted octanol–water partition coefficient (Wildman–Crippen LogP) is 5.41. The normalized spacial score (nSPS) is 15.7. The van der Waals surface area contributed by atoms with Crippen molar-refractivity contribution in [3.63, 3.8) is 0 Å². The van der Waals surface area contributed by atoms with Gasteiger partial charge in [-0.25, -0.2) is 0 Å². The molecule has 1 atom stereocenters. The minimum Gasteiger partial charge on any atom is -0.497 e. The number of anilines is 1. The van der Waals surface area contributed by atoms with E-state index in [9.17, 15) is 4.79 Å². The lowest BCUT2D eigenvalue weighted by Crippen LogP contribution is -2.26. The Morgan fingerprint density at radius 1 is 0.872 bits per heavy atom. The number of carbonyl (C=O) groups excluding carboxylic acids is 1. The molecule has 0 fully saturated rings. The van der Waals surface area contributed by atoms with E-state index in [2.05, 4.69) is 29.4 Å². The first kappa shape index (κ1) is 26.2. The smallest absolute Gasteiger partial charge is 0.255 e. The predicted molar refractivity (Wildman–Crippen MR) is 152 cm³/mol. The largest absolute Gasteiger partial charge is 0.497 e. The SMILES string of the molecule is COc1ccc(Cc2cc(NC3=CC=NC3)cc3c2C(=O)N(Cc2ccc(OC)cc2OC)C3C)c(OC)c1. The second-order valence-corrected chi connectivity index (χ2v) is 9.55. The van der Waals surface area contributed by atoms with Crippen LogP contribution in [0.3, 0.4) is 0 Å². The highest BCUT2D eigenvalue weighted by atomic mass is 16.5. The number of ether oxygens (including phenoxy) is 4. The van der Waals surface area contributed by atoms with Gasteiger partial charge in [-0.15, -0.1) is 0 Å². The number of allylic oxidation sites excluding steroid dienone is 1. The first-order chi connectivity index (χ1) is 18.9. The summed E-state index contributed by atoms with van der Waals surface area (Å²) >= 11 is 0. The number of benzene rings is 3. The van der Waals surface area contributed by atoms with Crippen molar-refractivity contribution in [2.24, 2.45) is 4.99 Å². The van der Waals surface area contributed by atoms with Gasteiger partial charge in [0.1, 0.15) is 23.0 Å². The summed E-state index contributed by atoms with van der Waals surface area (Å²) in [5.41, 5.74) is 6.47. The Morgan fingerprint density at radius 3 is 2.15 bits per heavy atom. The van der Waals surface area contributed by atoms with E-state index in [0.29, 0.717) is 42.5 Å². The van der Waals surface area contributed by atoms with E-state index < -0.39 is 0 Å². The summed E-state index contributed by atoms with van der Waals surface area (Å²) in [5, 5.41) is 3.50. The van der Waals surface area contributed by atoms with Gasteiger partial charge in [0.15, 0.2) is 0 Å². The van der Waals surface area contributed by atoms with Gasteiger partial charge >= 0.3 is 0 Å². The van der Waals surface area contributed by atoms with E-state index in [1.807, 2.05) is 47.4 Å². The molecule has 0 aliphatic carbocycles. The molecular weight excluding hydrogens is 494 g/mol. The van der Waals surface area contributed by atoms with Gasteiger partial charge in [-0.1, -0.05) is 6.07 Å². The molecule has 8 heteroatoms. The Kier molecular flexibility index (Phi) is 7.45. The number of aliphatic imine (C=N–C) groups is 1. The van der Waals surface area contributed by atoms with Gasteiger partial charge in [0.2, 0.25) is 0 Å². The van der Waals surface area contributed by atoms with Gasteiger partial charge in [-0.2, -0.15) is 0 Å². The van der Waals surface area contributed by atoms with E-state index in [1.54, 1.807) is 34.7 Å². The van der Waals surface area contributed by atoms with Crippen LogP contribution in [0, 0.1) is 0 Å². The number of hydrogen-bond donors (Lipinski definition) is 1. The van der Waals surface area contributed by atoms with Crippen LogP contribution in [0.1, 0.15) is 45.6 Å². The highest BCUT2D eigenvalue weighted by Crippen LogP contribution is 2.41. The van der Waals surface area contributed by atoms with Crippen molar-refractivity contribution in [2.75, 3.05) is 40.3 Å². The maximum absolute atomic E-state index is 14.0. The second kappa shape index (κ2) is 11.1. The van der Waals surface area contributed by atoms with Crippen LogP contribution in [0.25, 0.3) is 0 Å². The fourth-order valence-corrected chi connectivity index (χ4v) is 5.21. The fraction of sp³-hybridized carbons (Fsp3) is 0.290. The third kappa shape index (κ3) is 5.14. The number of nitrogens with one attached hydrogen (secondary N) is 1. The van der Waals surface area contributed by atoms with E-state index in [4.69, 9.17) is 18.9 Å². The molecule has 2 aliphatic rings. The molecule has 2 heterocycles. The molecule has 1 N–H and O–H groups in total.